The summed E-state index contributed by atoms with van der Waals surface area (Å²) in [5.74, 6) is 0.585. The minimum absolute atomic E-state index is 0.161. The van der Waals surface area contributed by atoms with Gasteiger partial charge in [0.1, 0.15) is 11.6 Å². The molecule has 0 radical (unpaired) electrons. The van der Waals surface area contributed by atoms with E-state index in [1.165, 1.54) is 18.6 Å². The smallest absolute Gasteiger partial charge is 0.287 e. The number of amides is 1. The van der Waals surface area contributed by atoms with Gasteiger partial charge in [0.2, 0.25) is 0 Å². The van der Waals surface area contributed by atoms with Gasteiger partial charge < -0.3 is 9.73 Å². The maximum Gasteiger partial charge on any atom is 0.287 e. The average Bonchev–Trinajstić information content (AvgIpc) is 3.25. The summed E-state index contributed by atoms with van der Waals surface area (Å²) in [5, 5.41) is 3.77. The summed E-state index contributed by atoms with van der Waals surface area (Å²) >= 11 is 6.37. The number of rotatable bonds is 8. The standard InChI is InChI=1S/C26H28ClFN2O2/c27-24-12-5-4-8-20(24)17-30(16-19-7-6-9-21(28)15-19)18-23-13-14-25(32-23)26(31)29-22-10-2-1-3-11-22/h4-9,12-15,22H,1-3,10-11,16-18H2,(H,29,31). The second-order valence-corrected chi connectivity index (χ2v) is 8.85. The Morgan fingerprint density at radius 2 is 1.81 bits per heavy atom. The highest BCUT2D eigenvalue weighted by Crippen LogP contribution is 2.22. The van der Waals surface area contributed by atoms with Gasteiger partial charge in [-0.25, -0.2) is 4.39 Å². The maximum atomic E-state index is 13.7. The molecular weight excluding hydrogens is 427 g/mol. The molecule has 0 bridgehead atoms. The molecular formula is C26H28ClFN2O2. The Kier molecular flexibility index (Phi) is 7.61. The van der Waals surface area contributed by atoms with Crippen molar-refractivity contribution in [2.24, 2.45) is 0 Å². The van der Waals surface area contributed by atoms with Crippen molar-refractivity contribution in [3.8, 4) is 0 Å². The second kappa shape index (κ2) is 10.8. The Labute approximate surface area is 193 Å². The first-order valence-electron chi connectivity index (χ1n) is 11.2. The van der Waals surface area contributed by atoms with Crippen molar-refractivity contribution in [2.45, 2.75) is 57.8 Å². The Bertz CT molecular complexity index is 1050. The molecule has 0 aliphatic heterocycles. The molecule has 0 atom stereocenters. The van der Waals surface area contributed by atoms with Crippen LogP contribution in [-0.2, 0) is 19.6 Å². The van der Waals surface area contributed by atoms with Crippen molar-refractivity contribution in [3.63, 3.8) is 0 Å². The molecule has 0 unspecified atom stereocenters. The van der Waals surface area contributed by atoms with Gasteiger partial charge in [-0.2, -0.15) is 0 Å². The summed E-state index contributed by atoms with van der Waals surface area (Å²) in [6.07, 6.45) is 5.61. The van der Waals surface area contributed by atoms with Crippen LogP contribution in [-0.4, -0.2) is 16.8 Å². The van der Waals surface area contributed by atoms with Crippen molar-refractivity contribution in [3.05, 3.63) is 94.2 Å². The van der Waals surface area contributed by atoms with Gasteiger partial charge in [-0.05, 0) is 54.3 Å². The second-order valence-electron chi connectivity index (χ2n) is 8.44. The number of hydrogen-bond donors (Lipinski definition) is 1. The SMILES string of the molecule is O=C(NC1CCCCC1)c1ccc(CN(Cc2cccc(F)c2)Cc2ccccc2Cl)o1. The lowest BCUT2D eigenvalue weighted by Crippen LogP contribution is -2.35. The first-order valence-corrected chi connectivity index (χ1v) is 11.5. The summed E-state index contributed by atoms with van der Waals surface area (Å²) in [4.78, 5) is 14.7. The zero-order valence-corrected chi connectivity index (χ0v) is 18.8. The van der Waals surface area contributed by atoms with E-state index in [1.807, 2.05) is 36.4 Å². The van der Waals surface area contributed by atoms with Crippen LogP contribution < -0.4 is 5.32 Å². The summed E-state index contributed by atoms with van der Waals surface area (Å²) in [6.45, 7) is 1.56. The zero-order valence-electron chi connectivity index (χ0n) is 18.0. The quantitative estimate of drug-likeness (QED) is 0.432. The third-order valence-electron chi connectivity index (χ3n) is 5.85. The summed E-state index contributed by atoms with van der Waals surface area (Å²) < 4.78 is 19.6. The minimum Gasteiger partial charge on any atom is -0.455 e. The van der Waals surface area contributed by atoms with Crippen molar-refractivity contribution >= 4 is 17.5 Å². The topological polar surface area (TPSA) is 45.5 Å². The molecule has 168 valence electrons. The van der Waals surface area contributed by atoms with Crippen LogP contribution in [0.1, 0.15) is 59.5 Å². The van der Waals surface area contributed by atoms with Crippen LogP contribution in [0.3, 0.4) is 0 Å². The van der Waals surface area contributed by atoms with Crippen LogP contribution in [0.25, 0.3) is 0 Å². The largest absolute Gasteiger partial charge is 0.455 e. The molecule has 1 N–H and O–H groups in total. The number of carbonyl (C=O) groups is 1. The normalized spacial score (nSPS) is 14.6. The lowest BCUT2D eigenvalue weighted by atomic mass is 9.95. The van der Waals surface area contributed by atoms with Crippen molar-refractivity contribution < 1.29 is 13.6 Å². The highest BCUT2D eigenvalue weighted by molar-refractivity contribution is 6.31. The monoisotopic (exact) mass is 454 g/mol. The van der Waals surface area contributed by atoms with Crippen molar-refractivity contribution in [1.82, 2.24) is 10.2 Å². The number of carbonyl (C=O) groups excluding carboxylic acids is 1. The van der Waals surface area contributed by atoms with Crippen LogP contribution in [0.15, 0.2) is 65.1 Å². The van der Waals surface area contributed by atoms with E-state index in [0.29, 0.717) is 36.2 Å². The number of nitrogens with zero attached hydrogens (tertiary/aromatic N) is 1. The van der Waals surface area contributed by atoms with E-state index in [0.717, 1.165) is 36.8 Å². The van der Waals surface area contributed by atoms with E-state index < -0.39 is 0 Å². The Hall–Kier alpha value is -2.63. The fourth-order valence-corrected chi connectivity index (χ4v) is 4.43. The highest BCUT2D eigenvalue weighted by atomic mass is 35.5. The fourth-order valence-electron chi connectivity index (χ4n) is 4.24. The Balaban J connectivity index is 1.46. The molecule has 1 aliphatic carbocycles. The molecule has 4 nitrogen and oxygen atoms in total. The van der Waals surface area contributed by atoms with Gasteiger partial charge in [0.05, 0.1) is 6.54 Å². The zero-order chi connectivity index (χ0) is 22.3. The molecule has 1 aliphatic rings. The molecule has 3 aromatic rings. The van der Waals surface area contributed by atoms with E-state index in [9.17, 15) is 9.18 Å². The van der Waals surface area contributed by atoms with Gasteiger partial charge in [0, 0.05) is 24.2 Å². The molecule has 2 aromatic carbocycles. The lowest BCUT2D eigenvalue weighted by molar-refractivity contribution is 0.0895. The summed E-state index contributed by atoms with van der Waals surface area (Å²) in [7, 11) is 0. The molecule has 0 spiro atoms. The third kappa shape index (κ3) is 6.21. The van der Waals surface area contributed by atoms with Crippen LogP contribution in [0, 0.1) is 5.82 Å². The van der Waals surface area contributed by atoms with Gasteiger partial charge >= 0.3 is 0 Å². The lowest BCUT2D eigenvalue weighted by Gasteiger charge is -2.22. The highest BCUT2D eigenvalue weighted by Gasteiger charge is 2.20. The molecule has 1 heterocycles. The maximum absolute atomic E-state index is 13.7. The molecule has 0 saturated heterocycles. The first-order chi connectivity index (χ1) is 15.6. The Morgan fingerprint density at radius 3 is 2.59 bits per heavy atom. The number of halogens is 2. The summed E-state index contributed by atoms with van der Waals surface area (Å²) in [6, 6.07) is 18.0. The predicted molar refractivity (Wildman–Crippen MR) is 124 cm³/mol. The number of benzene rings is 2. The van der Waals surface area contributed by atoms with Gasteiger partial charge in [-0.1, -0.05) is 61.2 Å². The van der Waals surface area contributed by atoms with Crippen LogP contribution >= 0.6 is 11.6 Å². The van der Waals surface area contributed by atoms with Crippen molar-refractivity contribution in [2.75, 3.05) is 0 Å². The summed E-state index contributed by atoms with van der Waals surface area (Å²) in [5.41, 5.74) is 1.84. The van der Waals surface area contributed by atoms with Gasteiger partial charge in [0.25, 0.3) is 5.91 Å². The number of nitrogens with one attached hydrogen (secondary N) is 1. The van der Waals surface area contributed by atoms with Gasteiger partial charge in [-0.15, -0.1) is 0 Å². The van der Waals surface area contributed by atoms with E-state index >= 15 is 0 Å². The van der Waals surface area contributed by atoms with E-state index in [-0.39, 0.29) is 17.8 Å². The van der Waals surface area contributed by atoms with Crippen LogP contribution in [0.5, 0.6) is 0 Å². The van der Waals surface area contributed by atoms with E-state index in [4.69, 9.17) is 16.0 Å². The van der Waals surface area contributed by atoms with Crippen molar-refractivity contribution in [1.29, 1.82) is 0 Å². The molecule has 1 amide bonds. The van der Waals surface area contributed by atoms with Crippen LogP contribution in [0.4, 0.5) is 4.39 Å². The molecule has 1 saturated carbocycles. The molecule has 4 rings (SSSR count). The van der Waals surface area contributed by atoms with Gasteiger partial charge in [0.15, 0.2) is 5.76 Å². The van der Waals surface area contributed by atoms with Crippen LogP contribution in [0.2, 0.25) is 5.02 Å². The first kappa shape index (κ1) is 22.6. The third-order valence-corrected chi connectivity index (χ3v) is 6.22. The molecule has 6 heteroatoms. The average molecular weight is 455 g/mol. The Morgan fingerprint density at radius 1 is 1.00 bits per heavy atom. The molecule has 32 heavy (non-hydrogen) atoms. The number of hydrogen-bond acceptors (Lipinski definition) is 3. The van der Waals surface area contributed by atoms with E-state index in [1.54, 1.807) is 12.1 Å². The fraction of sp³-hybridized carbons (Fsp3) is 0.346. The van der Waals surface area contributed by atoms with Gasteiger partial charge in [-0.3, -0.25) is 9.69 Å². The molecule has 1 fully saturated rings. The predicted octanol–water partition coefficient (Wildman–Crippen LogP) is 6.34. The molecule has 1 aromatic heterocycles. The number of furan rings is 1. The minimum atomic E-state index is -0.264. The van der Waals surface area contributed by atoms with E-state index in [2.05, 4.69) is 10.2 Å².